The summed E-state index contributed by atoms with van der Waals surface area (Å²) in [4.78, 5) is 12.1. The monoisotopic (exact) mass is 340 g/mol. The Morgan fingerprint density at radius 2 is 1.84 bits per heavy atom. The third-order valence-electron chi connectivity index (χ3n) is 10.2. The molecule has 0 aromatic rings. The fraction of sp³-hybridized carbons (Fsp3) is 0.792. The number of carbonyl (C=O) groups excluding carboxylic acids is 1. The van der Waals surface area contributed by atoms with Crippen LogP contribution in [0.2, 0.25) is 0 Å². The van der Waals surface area contributed by atoms with E-state index in [4.69, 9.17) is 6.58 Å². The Labute approximate surface area is 154 Å². The third-order valence-corrected chi connectivity index (χ3v) is 10.2. The Hall–Kier alpha value is -0.850. The van der Waals surface area contributed by atoms with E-state index < -0.39 is 0 Å². The lowest BCUT2D eigenvalue weighted by Gasteiger charge is -2.69. The van der Waals surface area contributed by atoms with Crippen molar-refractivity contribution in [3.05, 3.63) is 23.8 Å². The van der Waals surface area contributed by atoms with Gasteiger partial charge in [0, 0.05) is 11.8 Å². The molecule has 0 amide bonds. The summed E-state index contributed by atoms with van der Waals surface area (Å²) in [6.07, 6.45) is 11.3. The maximum Gasteiger partial charge on any atom is 0.155 e. The van der Waals surface area contributed by atoms with Gasteiger partial charge in [-0.15, -0.1) is 0 Å². The molecule has 0 bridgehead atoms. The number of hydrogen-bond acceptors (Lipinski definition) is 1. The van der Waals surface area contributed by atoms with E-state index in [-0.39, 0.29) is 10.8 Å². The molecule has 0 radical (unpaired) electrons. The first-order valence-electron chi connectivity index (χ1n) is 10.6. The van der Waals surface area contributed by atoms with Crippen molar-refractivity contribution in [2.75, 3.05) is 0 Å². The van der Waals surface area contributed by atoms with E-state index in [2.05, 4.69) is 34.6 Å². The Kier molecular flexibility index (Phi) is 3.59. The van der Waals surface area contributed by atoms with Crippen LogP contribution in [0.1, 0.15) is 86.0 Å². The van der Waals surface area contributed by atoms with Crippen LogP contribution in [0.15, 0.2) is 23.8 Å². The highest BCUT2D eigenvalue weighted by Gasteiger charge is 2.70. The van der Waals surface area contributed by atoms with Gasteiger partial charge in [0.25, 0.3) is 0 Å². The molecule has 3 saturated carbocycles. The smallest absolute Gasteiger partial charge is 0.155 e. The van der Waals surface area contributed by atoms with Gasteiger partial charge in [-0.05, 0) is 79.1 Å². The summed E-state index contributed by atoms with van der Waals surface area (Å²) in [5.74, 6) is 1.86. The van der Waals surface area contributed by atoms with Crippen LogP contribution in [0, 0.1) is 33.5 Å². The highest BCUT2D eigenvalue weighted by Crippen LogP contribution is 2.78. The fourth-order valence-electron chi connectivity index (χ4n) is 8.37. The summed E-state index contributed by atoms with van der Waals surface area (Å²) in [7, 11) is 0. The Balaban J connectivity index is 1.92. The molecule has 4 rings (SSSR count). The normalized spacial score (nSPS) is 52.3. The van der Waals surface area contributed by atoms with E-state index >= 15 is 0 Å². The van der Waals surface area contributed by atoms with Crippen LogP contribution in [0.25, 0.3) is 0 Å². The molecule has 1 nitrogen and oxygen atoms in total. The number of carbonyl (C=O) groups is 1. The molecule has 25 heavy (non-hydrogen) atoms. The standard InChI is InChI=1S/C24H36O/c1-7-24-17(3)15-23(6)16(2)10-12-22(23,5)20(24)9-8-18-14-19(25)11-13-21(18,24)4/h14,16,20H,3,7-13,15H2,1-2,4-6H3. The molecule has 0 heterocycles. The van der Waals surface area contributed by atoms with Crippen LogP contribution in [-0.4, -0.2) is 5.78 Å². The van der Waals surface area contributed by atoms with E-state index in [0.717, 1.165) is 31.1 Å². The predicted octanol–water partition coefficient (Wildman–Crippen LogP) is 6.49. The molecular formula is C24H36O. The number of fused-ring (bicyclic) bond motifs is 5. The zero-order valence-electron chi connectivity index (χ0n) is 17.0. The predicted molar refractivity (Wildman–Crippen MR) is 104 cm³/mol. The molecule has 0 N–H and O–H groups in total. The van der Waals surface area contributed by atoms with Crippen LogP contribution < -0.4 is 0 Å². The minimum absolute atomic E-state index is 0.145. The second-order valence-corrected chi connectivity index (χ2v) is 10.4. The molecule has 0 spiro atoms. The van der Waals surface area contributed by atoms with E-state index in [0.29, 0.717) is 16.6 Å². The van der Waals surface area contributed by atoms with E-state index in [9.17, 15) is 4.79 Å². The summed E-state index contributed by atoms with van der Waals surface area (Å²) in [6.45, 7) is 17.3. The molecule has 0 aromatic heterocycles. The topological polar surface area (TPSA) is 17.1 Å². The van der Waals surface area contributed by atoms with Gasteiger partial charge in [0.05, 0.1) is 0 Å². The van der Waals surface area contributed by atoms with Crippen molar-refractivity contribution in [1.82, 2.24) is 0 Å². The molecule has 4 aliphatic carbocycles. The van der Waals surface area contributed by atoms with Gasteiger partial charge in [0.15, 0.2) is 5.78 Å². The largest absolute Gasteiger partial charge is 0.295 e. The number of hydrogen-bond donors (Lipinski definition) is 0. The van der Waals surface area contributed by atoms with Gasteiger partial charge in [-0.3, -0.25) is 4.79 Å². The molecule has 138 valence electrons. The van der Waals surface area contributed by atoms with Gasteiger partial charge < -0.3 is 0 Å². The van der Waals surface area contributed by atoms with Gasteiger partial charge in [-0.1, -0.05) is 52.3 Å². The Morgan fingerprint density at radius 1 is 1.12 bits per heavy atom. The van der Waals surface area contributed by atoms with Gasteiger partial charge in [0.2, 0.25) is 0 Å². The second-order valence-electron chi connectivity index (χ2n) is 10.4. The fourth-order valence-corrected chi connectivity index (χ4v) is 8.37. The number of rotatable bonds is 1. The minimum atomic E-state index is 0.145. The highest BCUT2D eigenvalue weighted by molar-refractivity contribution is 5.91. The van der Waals surface area contributed by atoms with Crippen molar-refractivity contribution in [3.63, 3.8) is 0 Å². The average Bonchev–Trinajstić information content (AvgIpc) is 2.79. The summed E-state index contributed by atoms with van der Waals surface area (Å²) in [5.41, 5.74) is 4.11. The van der Waals surface area contributed by atoms with Crippen molar-refractivity contribution < 1.29 is 4.79 Å². The van der Waals surface area contributed by atoms with E-state index in [1.807, 2.05) is 6.08 Å². The van der Waals surface area contributed by atoms with Gasteiger partial charge in [-0.2, -0.15) is 0 Å². The molecule has 0 saturated heterocycles. The molecule has 0 aliphatic heterocycles. The lowest BCUT2D eigenvalue weighted by molar-refractivity contribution is -0.142. The van der Waals surface area contributed by atoms with Gasteiger partial charge in [-0.25, -0.2) is 0 Å². The Bertz CT molecular complexity index is 672. The molecule has 6 unspecified atom stereocenters. The van der Waals surface area contributed by atoms with Crippen LogP contribution in [0.3, 0.4) is 0 Å². The first kappa shape index (κ1) is 17.6. The third kappa shape index (κ3) is 1.79. The zero-order valence-corrected chi connectivity index (χ0v) is 17.0. The summed E-state index contributed by atoms with van der Waals surface area (Å²) >= 11 is 0. The number of allylic oxidation sites excluding steroid dienone is 2. The summed E-state index contributed by atoms with van der Waals surface area (Å²) in [5, 5.41) is 0. The van der Waals surface area contributed by atoms with E-state index in [1.54, 1.807) is 0 Å². The second kappa shape index (κ2) is 5.11. The van der Waals surface area contributed by atoms with Crippen LogP contribution in [0.4, 0.5) is 0 Å². The van der Waals surface area contributed by atoms with Crippen LogP contribution in [-0.2, 0) is 4.79 Å². The molecule has 1 heteroatoms. The van der Waals surface area contributed by atoms with Crippen molar-refractivity contribution in [2.24, 2.45) is 33.5 Å². The minimum Gasteiger partial charge on any atom is -0.295 e. The van der Waals surface area contributed by atoms with Crippen molar-refractivity contribution in [1.29, 1.82) is 0 Å². The SMILES string of the molecule is C=C1CC2(C)C(C)CCC2(C)C2CCC3=CC(=O)CCC3(C)C12CC. The summed E-state index contributed by atoms with van der Waals surface area (Å²) < 4.78 is 0. The molecule has 4 aliphatic rings. The van der Waals surface area contributed by atoms with E-state index in [1.165, 1.54) is 43.3 Å². The average molecular weight is 341 g/mol. The number of ketones is 1. The zero-order chi connectivity index (χ0) is 18.3. The van der Waals surface area contributed by atoms with Crippen LogP contribution in [0.5, 0.6) is 0 Å². The van der Waals surface area contributed by atoms with Crippen molar-refractivity contribution in [3.8, 4) is 0 Å². The van der Waals surface area contributed by atoms with Crippen LogP contribution >= 0.6 is 0 Å². The van der Waals surface area contributed by atoms with Crippen molar-refractivity contribution >= 4 is 5.78 Å². The lowest BCUT2D eigenvalue weighted by atomic mass is 9.34. The van der Waals surface area contributed by atoms with Crippen molar-refractivity contribution in [2.45, 2.75) is 86.0 Å². The molecular weight excluding hydrogens is 304 g/mol. The maximum atomic E-state index is 12.1. The Morgan fingerprint density at radius 3 is 2.52 bits per heavy atom. The maximum absolute atomic E-state index is 12.1. The molecule has 0 aromatic carbocycles. The molecule has 6 atom stereocenters. The quantitative estimate of drug-likeness (QED) is 0.498. The first-order chi connectivity index (χ1) is 11.7. The van der Waals surface area contributed by atoms with Gasteiger partial charge >= 0.3 is 0 Å². The highest BCUT2D eigenvalue weighted by atomic mass is 16.1. The molecule has 3 fully saturated rings. The first-order valence-corrected chi connectivity index (χ1v) is 10.6. The lowest BCUT2D eigenvalue weighted by Crippen LogP contribution is -2.62. The summed E-state index contributed by atoms with van der Waals surface area (Å²) in [6, 6.07) is 0. The van der Waals surface area contributed by atoms with Gasteiger partial charge in [0.1, 0.15) is 0 Å².